The molecule has 0 aliphatic rings. The van der Waals surface area contributed by atoms with Gasteiger partial charge in [-0.2, -0.15) is 0 Å². The Morgan fingerprint density at radius 2 is 2.27 bits per heavy atom. The van der Waals surface area contributed by atoms with Crippen LogP contribution >= 0.6 is 0 Å². The number of carboxylic acid groups (broad SMARTS) is 1. The van der Waals surface area contributed by atoms with E-state index in [-0.39, 0.29) is 6.42 Å². The zero-order valence-corrected chi connectivity index (χ0v) is 6.59. The maximum absolute atomic E-state index is 12.7. The fourth-order valence-electron chi connectivity index (χ4n) is 0.807. The van der Waals surface area contributed by atoms with Gasteiger partial charge in [0, 0.05) is 6.42 Å². The summed E-state index contributed by atoms with van der Waals surface area (Å²) in [6, 6.07) is -1.06. The molecule has 66 valence electrons. The molecule has 0 saturated heterocycles. The number of hydrogen-bond acceptors (Lipinski definition) is 2. The van der Waals surface area contributed by atoms with Gasteiger partial charge in [-0.1, -0.05) is 13.3 Å². The molecule has 0 bridgehead atoms. The molecule has 0 spiro atoms. The zero-order valence-electron chi connectivity index (χ0n) is 6.59. The Kier molecular flexibility index (Phi) is 4.77. The van der Waals surface area contributed by atoms with E-state index in [4.69, 9.17) is 10.8 Å². The Morgan fingerprint density at radius 3 is 2.64 bits per heavy atom. The first-order valence-electron chi connectivity index (χ1n) is 3.70. The van der Waals surface area contributed by atoms with Crippen molar-refractivity contribution in [2.45, 2.75) is 38.4 Å². The van der Waals surface area contributed by atoms with Crippen molar-refractivity contribution < 1.29 is 14.3 Å². The summed E-state index contributed by atoms with van der Waals surface area (Å²) >= 11 is 0. The minimum Gasteiger partial charge on any atom is -0.480 e. The fourth-order valence-corrected chi connectivity index (χ4v) is 0.807. The quantitative estimate of drug-likeness (QED) is 0.633. The van der Waals surface area contributed by atoms with Crippen molar-refractivity contribution in [3.8, 4) is 0 Å². The third-order valence-electron chi connectivity index (χ3n) is 1.43. The van der Waals surface area contributed by atoms with Crippen LogP contribution in [-0.2, 0) is 4.79 Å². The Hall–Kier alpha value is -0.640. The predicted octanol–water partition coefficient (Wildman–Crippen LogP) is 0.927. The van der Waals surface area contributed by atoms with Crippen LogP contribution in [0.4, 0.5) is 4.39 Å². The first-order valence-corrected chi connectivity index (χ1v) is 3.70. The predicted molar refractivity (Wildman–Crippen MR) is 40.0 cm³/mol. The molecule has 3 N–H and O–H groups in total. The van der Waals surface area contributed by atoms with Gasteiger partial charge in [0.15, 0.2) is 0 Å². The minimum absolute atomic E-state index is 0.0802. The zero-order chi connectivity index (χ0) is 8.85. The lowest BCUT2D eigenvalue weighted by molar-refractivity contribution is -0.139. The topological polar surface area (TPSA) is 63.3 Å². The van der Waals surface area contributed by atoms with Gasteiger partial charge in [0.2, 0.25) is 0 Å². The molecule has 0 aliphatic carbocycles. The van der Waals surface area contributed by atoms with Crippen LogP contribution < -0.4 is 5.73 Å². The molecule has 0 aromatic rings. The van der Waals surface area contributed by atoms with Crippen molar-refractivity contribution in [2.24, 2.45) is 5.73 Å². The van der Waals surface area contributed by atoms with E-state index in [1.54, 1.807) is 0 Å². The molecule has 0 aromatic carbocycles. The van der Waals surface area contributed by atoms with E-state index in [1.807, 2.05) is 6.92 Å². The molecule has 0 amide bonds. The summed E-state index contributed by atoms with van der Waals surface area (Å²) in [4.78, 5) is 10.1. The number of aliphatic carboxylic acids is 1. The molecule has 0 unspecified atom stereocenters. The Bertz CT molecular complexity index is 130. The molecular weight excluding hydrogens is 149 g/mol. The molecule has 4 heteroatoms. The maximum atomic E-state index is 12.7. The van der Waals surface area contributed by atoms with Crippen LogP contribution in [0, 0.1) is 0 Å². The average molecular weight is 163 g/mol. The molecule has 0 heterocycles. The lowest BCUT2D eigenvalue weighted by Gasteiger charge is -2.09. The first-order chi connectivity index (χ1) is 5.07. The van der Waals surface area contributed by atoms with Gasteiger partial charge in [-0.3, -0.25) is 4.79 Å². The highest BCUT2D eigenvalue weighted by Gasteiger charge is 2.16. The van der Waals surface area contributed by atoms with Crippen molar-refractivity contribution in [1.29, 1.82) is 0 Å². The summed E-state index contributed by atoms with van der Waals surface area (Å²) < 4.78 is 12.7. The summed E-state index contributed by atoms with van der Waals surface area (Å²) in [7, 11) is 0. The largest absolute Gasteiger partial charge is 0.480 e. The summed E-state index contributed by atoms with van der Waals surface area (Å²) in [6.45, 7) is 1.85. The lowest BCUT2D eigenvalue weighted by Crippen LogP contribution is -2.32. The monoisotopic (exact) mass is 163 g/mol. The van der Waals surface area contributed by atoms with E-state index in [0.717, 1.165) is 0 Å². The maximum Gasteiger partial charge on any atom is 0.320 e. The van der Waals surface area contributed by atoms with Crippen LogP contribution in [0.2, 0.25) is 0 Å². The number of alkyl halides is 1. The third kappa shape index (κ3) is 4.72. The molecule has 0 rings (SSSR count). The molecular formula is C7H14FNO2. The van der Waals surface area contributed by atoms with Crippen LogP contribution in [0.5, 0.6) is 0 Å². The van der Waals surface area contributed by atoms with Crippen molar-refractivity contribution in [2.75, 3.05) is 0 Å². The van der Waals surface area contributed by atoms with Crippen LogP contribution in [-0.4, -0.2) is 23.3 Å². The summed E-state index contributed by atoms with van der Waals surface area (Å²) in [5.41, 5.74) is 5.11. The second-order valence-corrected chi connectivity index (χ2v) is 2.57. The Balaban J connectivity index is 3.56. The molecule has 0 radical (unpaired) electrons. The highest BCUT2D eigenvalue weighted by atomic mass is 19.1. The van der Waals surface area contributed by atoms with Crippen molar-refractivity contribution in [3.05, 3.63) is 0 Å². The van der Waals surface area contributed by atoms with Crippen LogP contribution in [0.3, 0.4) is 0 Å². The summed E-state index contributed by atoms with van der Waals surface area (Å²) in [5.74, 6) is -1.14. The molecule has 0 fully saturated rings. The number of hydrogen-bond donors (Lipinski definition) is 2. The second kappa shape index (κ2) is 5.07. The number of nitrogens with two attached hydrogens (primary N) is 1. The normalized spacial score (nSPS) is 15.9. The number of halogens is 1. The van der Waals surface area contributed by atoms with E-state index in [1.165, 1.54) is 0 Å². The van der Waals surface area contributed by atoms with Gasteiger partial charge in [-0.05, 0) is 6.42 Å². The van der Waals surface area contributed by atoms with E-state index in [2.05, 4.69) is 0 Å². The molecule has 2 atom stereocenters. The third-order valence-corrected chi connectivity index (χ3v) is 1.43. The molecule has 0 aromatic heterocycles. The van der Waals surface area contributed by atoms with E-state index < -0.39 is 18.2 Å². The Morgan fingerprint density at radius 1 is 1.73 bits per heavy atom. The molecule has 0 aliphatic heterocycles. The van der Waals surface area contributed by atoms with Gasteiger partial charge < -0.3 is 10.8 Å². The van der Waals surface area contributed by atoms with Crippen molar-refractivity contribution >= 4 is 5.97 Å². The average Bonchev–Trinajstić information content (AvgIpc) is 1.87. The first kappa shape index (κ1) is 10.4. The standard InChI is InChI=1S/C7H14FNO2/c1-2-3-5(8)4-6(9)7(10)11/h5-6H,2-4,9H2,1H3,(H,10,11)/t5-,6+/m0/s1. The number of carbonyl (C=O) groups is 1. The molecule has 11 heavy (non-hydrogen) atoms. The van der Waals surface area contributed by atoms with E-state index in [0.29, 0.717) is 12.8 Å². The van der Waals surface area contributed by atoms with Crippen molar-refractivity contribution in [1.82, 2.24) is 0 Å². The summed E-state index contributed by atoms with van der Waals surface area (Å²) in [6.07, 6.45) is -0.0522. The van der Waals surface area contributed by atoms with Gasteiger partial charge >= 0.3 is 5.97 Å². The van der Waals surface area contributed by atoms with E-state index >= 15 is 0 Å². The molecule has 3 nitrogen and oxygen atoms in total. The lowest BCUT2D eigenvalue weighted by atomic mass is 10.1. The Labute approximate surface area is 65.4 Å². The van der Waals surface area contributed by atoms with Crippen LogP contribution in [0.15, 0.2) is 0 Å². The second-order valence-electron chi connectivity index (χ2n) is 2.57. The van der Waals surface area contributed by atoms with E-state index in [9.17, 15) is 9.18 Å². The van der Waals surface area contributed by atoms with Gasteiger partial charge in [-0.15, -0.1) is 0 Å². The number of carboxylic acids is 1. The number of rotatable bonds is 5. The van der Waals surface area contributed by atoms with Gasteiger partial charge in [-0.25, -0.2) is 4.39 Å². The SMILES string of the molecule is CCC[C@H](F)C[C@@H](N)C(=O)O. The highest BCUT2D eigenvalue weighted by Crippen LogP contribution is 2.07. The minimum atomic E-state index is -1.14. The molecule has 0 saturated carbocycles. The fraction of sp³-hybridized carbons (Fsp3) is 0.857. The highest BCUT2D eigenvalue weighted by molar-refractivity contribution is 5.73. The van der Waals surface area contributed by atoms with Crippen molar-refractivity contribution in [3.63, 3.8) is 0 Å². The van der Waals surface area contributed by atoms with Crippen LogP contribution in [0.25, 0.3) is 0 Å². The van der Waals surface area contributed by atoms with Gasteiger partial charge in [0.25, 0.3) is 0 Å². The summed E-state index contributed by atoms with van der Waals surface area (Å²) in [5, 5.41) is 8.31. The van der Waals surface area contributed by atoms with Gasteiger partial charge in [0.1, 0.15) is 12.2 Å². The smallest absolute Gasteiger partial charge is 0.320 e. The van der Waals surface area contributed by atoms with Crippen LogP contribution in [0.1, 0.15) is 26.2 Å². The van der Waals surface area contributed by atoms with Gasteiger partial charge in [0.05, 0.1) is 0 Å².